The third kappa shape index (κ3) is 3.18. The lowest BCUT2D eigenvalue weighted by atomic mass is 10.2. The summed E-state index contributed by atoms with van der Waals surface area (Å²) >= 11 is 0. The standard InChI is InChI=1S/C18H22N8O/c27-18-12-14-2-1-3-15(14)21-25(18)11-8-23-6-9-24(10-7-23)17-5-4-16-20-19-13-26(16)22-17/h4-5,12-13H,1-3,6-11H2. The molecule has 0 spiro atoms. The van der Waals surface area contributed by atoms with Gasteiger partial charge in [0.25, 0.3) is 5.56 Å². The number of rotatable bonds is 4. The predicted molar refractivity (Wildman–Crippen MR) is 100.0 cm³/mol. The monoisotopic (exact) mass is 366 g/mol. The number of aryl methyl sites for hydroxylation is 2. The van der Waals surface area contributed by atoms with Crippen LogP contribution in [-0.2, 0) is 19.4 Å². The maximum absolute atomic E-state index is 12.2. The smallest absolute Gasteiger partial charge is 0.267 e. The van der Waals surface area contributed by atoms with Crippen LogP contribution < -0.4 is 10.5 Å². The highest BCUT2D eigenvalue weighted by molar-refractivity contribution is 5.45. The number of fused-ring (bicyclic) bond motifs is 2. The molecule has 3 aromatic rings. The van der Waals surface area contributed by atoms with E-state index < -0.39 is 0 Å². The zero-order valence-corrected chi connectivity index (χ0v) is 15.2. The molecule has 0 N–H and O–H groups in total. The Morgan fingerprint density at radius 1 is 1.00 bits per heavy atom. The van der Waals surface area contributed by atoms with Gasteiger partial charge in [0.05, 0.1) is 12.2 Å². The molecule has 4 heterocycles. The van der Waals surface area contributed by atoms with E-state index in [0.29, 0.717) is 6.54 Å². The van der Waals surface area contributed by atoms with E-state index in [1.807, 2.05) is 12.1 Å². The Morgan fingerprint density at radius 3 is 2.78 bits per heavy atom. The van der Waals surface area contributed by atoms with Crippen molar-refractivity contribution < 1.29 is 0 Å². The SMILES string of the molecule is O=c1cc2c(nn1CCN1CCN(c3ccc4nncn4n3)CC1)CCC2. The lowest BCUT2D eigenvalue weighted by molar-refractivity contribution is 0.242. The zero-order valence-electron chi connectivity index (χ0n) is 15.2. The average molecular weight is 366 g/mol. The number of nitrogens with zero attached hydrogens (tertiary/aromatic N) is 8. The van der Waals surface area contributed by atoms with Crippen LogP contribution in [0.1, 0.15) is 17.7 Å². The molecule has 0 unspecified atom stereocenters. The Balaban J connectivity index is 1.19. The Labute approximate surface area is 156 Å². The van der Waals surface area contributed by atoms with Crippen molar-refractivity contribution in [2.75, 3.05) is 37.6 Å². The van der Waals surface area contributed by atoms with Crippen LogP contribution in [-0.4, -0.2) is 67.2 Å². The molecule has 0 saturated carbocycles. The summed E-state index contributed by atoms with van der Waals surface area (Å²) in [5, 5.41) is 17.0. The second-order valence-electron chi connectivity index (χ2n) is 7.19. The lowest BCUT2D eigenvalue weighted by Crippen LogP contribution is -2.48. The molecule has 0 aromatic carbocycles. The molecule has 0 amide bonds. The first-order valence-electron chi connectivity index (χ1n) is 9.50. The maximum atomic E-state index is 12.2. The molecule has 0 radical (unpaired) electrons. The molecule has 9 nitrogen and oxygen atoms in total. The molecule has 3 aromatic heterocycles. The molecule has 9 heteroatoms. The molecule has 27 heavy (non-hydrogen) atoms. The number of hydrogen-bond donors (Lipinski definition) is 0. The summed E-state index contributed by atoms with van der Waals surface area (Å²) in [6.45, 7) is 5.21. The minimum absolute atomic E-state index is 0.0285. The minimum Gasteiger partial charge on any atom is -0.353 e. The molecular weight excluding hydrogens is 344 g/mol. The minimum atomic E-state index is 0.0285. The van der Waals surface area contributed by atoms with Crippen molar-refractivity contribution in [3.8, 4) is 0 Å². The fourth-order valence-electron chi connectivity index (χ4n) is 3.92. The van der Waals surface area contributed by atoms with Gasteiger partial charge >= 0.3 is 0 Å². The van der Waals surface area contributed by atoms with E-state index in [0.717, 1.165) is 74.7 Å². The second-order valence-corrected chi connectivity index (χ2v) is 7.19. The van der Waals surface area contributed by atoms with E-state index in [4.69, 9.17) is 0 Å². The van der Waals surface area contributed by atoms with E-state index in [2.05, 4.69) is 30.2 Å². The number of anilines is 1. The first-order valence-corrected chi connectivity index (χ1v) is 9.50. The van der Waals surface area contributed by atoms with Crippen LogP contribution >= 0.6 is 0 Å². The van der Waals surface area contributed by atoms with Gasteiger partial charge in [-0.05, 0) is 37.0 Å². The van der Waals surface area contributed by atoms with E-state index in [1.54, 1.807) is 21.6 Å². The molecule has 1 aliphatic carbocycles. The molecule has 1 aliphatic heterocycles. The molecule has 1 fully saturated rings. The molecule has 5 rings (SSSR count). The summed E-state index contributed by atoms with van der Waals surface area (Å²) in [4.78, 5) is 16.9. The van der Waals surface area contributed by atoms with Gasteiger partial charge in [-0.15, -0.1) is 15.3 Å². The normalized spacial score (nSPS) is 17.6. The van der Waals surface area contributed by atoms with Gasteiger partial charge in [-0.3, -0.25) is 9.69 Å². The van der Waals surface area contributed by atoms with Crippen LogP contribution in [0.3, 0.4) is 0 Å². The lowest BCUT2D eigenvalue weighted by Gasteiger charge is -2.35. The largest absolute Gasteiger partial charge is 0.353 e. The average Bonchev–Trinajstić information content (AvgIpc) is 3.34. The van der Waals surface area contributed by atoms with Gasteiger partial charge in [-0.1, -0.05) is 0 Å². The van der Waals surface area contributed by atoms with Gasteiger partial charge in [-0.2, -0.15) is 9.61 Å². The summed E-state index contributed by atoms with van der Waals surface area (Å²) in [6, 6.07) is 5.71. The van der Waals surface area contributed by atoms with Crippen LogP contribution in [0.4, 0.5) is 5.82 Å². The number of hydrogen-bond acceptors (Lipinski definition) is 7. The number of piperazine rings is 1. The molecule has 2 aliphatic rings. The van der Waals surface area contributed by atoms with Gasteiger partial charge in [0.15, 0.2) is 5.65 Å². The van der Waals surface area contributed by atoms with Gasteiger partial charge in [0, 0.05) is 38.8 Å². The third-order valence-corrected chi connectivity index (χ3v) is 5.50. The van der Waals surface area contributed by atoms with Crippen molar-refractivity contribution in [3.05, 3.63) is 46.1 Å². The fraction of sp³-hybridized carbons (Fsp3) is 0.500. The van der Waals surface area contributed by atoms with E-state index in [1.165, 1.54) is 0 Å². The molecule has 0 atom stereocenters. The van der Waals surface area contributed by atoms with E-state index >= 15 is 0 Å². The maximum Gasteiger partial charge on any atom is 0.267 e. The first-order chi connectivity index (χ1) is 13.3. The highest BCUT2D eigenvalue weighted by atomic mass is 16.1. The van der Waals surface area contributed by atoms with E-state index in [9.17, 15) is 4.79 Å². The van der Waals surface area contributed by atoms with Crippen LogP contribution in [0.25, 0.3) is 5.65 Å². The van der Waals surface area contributed by atoms with Crippen LogP contribution in [0.2, 0.25) is 0 Å². The van der Waals surface area contributed by atoms with Crippen LogP contribution in [0.15, 0.2) is 29.3 Å². The highest BCUT2D eigenvalue weighted by Gasteiger charge is 2.19. The van der Waals surface area contributed by atoms with E-state index in [-0.39, 0.29) is 5.56 Å². The Morgan fingerprint density at radius 2 is 1.89 bits per heavy atom. The molecule has 140 valence electrons. The Kier molecular flexibility index (Phi) is 4.08. The predicted octanol–water partition coefficient (Wildman–Crippen LogP) is -0.00810. The highest BCUT2D eigenvalue weighted by Crippen LogP contribution is 2.17. The van der Waals surface area contributed by atoms with Gasteiger partial charge in [0.2, 0.25) is 0 Å². The van der Waals surface area contributed by atoms with Crippen molar-refractivity contribution in [3.63, 3.8) is 0 Å². The summed E-state index contributed by atoms with van der Waals surface area (Å²) < 4.78 is 3.34. The summed E-state index contributed by atoms with van der Waals surface area (Å²) in [7, 11) is 0. The van der Waals surface area contributed by atoms with Crippen LogP contribution in [0.5, 0.6) is 0 Å². The molecule has 0 bridgehead atoms. The van der Waals surface area contributed by atoms with Gasteiger partial charge < -0.3 is 4.90 Å². The quantitative estimate of drug-likeness (QED) is 0.642. The van der Waals surface area contributed by atoms with Gasteiger partial charge in [-0.25, -0.2) is 4.68 Å². The fourth-order valence-corrected chi connectivity index (χ4v) is 3.92. The van der Waals surface area contributed by atoms with Crippen molar-refractivity contribution in [2.24, 2.45) is 0 Å². The number of aromatic nitrogens is 6. The van der Waals surface area contributed by atoms with Gasteiger partial charge in [0.1, 0.15) is 12.1 Å². The molecular formula is C18H22N8O. The van der Waals surface area contributed by atoms with Crippen molar-refractivity contribution >= 4 is 11.5 Å². The van der Waals surface area contributed by atoms with Crippen molar-refractivity contribution in [2.45, 2.75) is 25.8 Å². The topological polar surface area (TPSA) is 84.5 Å². The van der Waals surface area contributed by atoms with Crippen molar-refractivity contribution in [1.29, 1.82) is 0 Å². The second kappa shape index (κ2) is 6.73. The van der Waals surface area contributed by atoms with Crippen LogP contribution in [0, 0.1) is 0 Å². The Hall–Kier alpha value is -2.81. The summed E-state index contributed by atoms with van der Waals surface area (Å²) in [6.07, 6.45) is 4.73. The summed E-state index contributed by atoms with van der Waals surface area (Å²) in [5.74, 6) is 0.943. The third-order valence-electron chi connectivity index (χ3n) is 5.50. The Bertz CT molecular complexity index is 1020. The zero-order chi connectivity index (χ0) is 18.2. The summed E-state index contributed by atoms with van der Waals surface area (Å²) in [5.41, 5.74) is 3.03. The van der Waals surface area contributed by atoms with Crippen molar-refractivity contribution in [1.82, 2.24) is 34.5 Å². The first kappa shape index (κ1) is 16.4. The molecule has 1 saturated heterocycles.